The van der Waals surface area contributed by atoms with Gasteiger partial charge < -0.3 is 5.32 Å². The number of aryl methyl sites for hydroxylation is 3. The van der Waals surface area contributed by atoms with E-state index in [0.29, 0.717) is 29.1 Å². The van der Waals surface area contributed by atoms with Gasteiger partial charge in [0.2, 0.25) is 26.0 Å². The molecule has 0 radical (unpaired) electrons. The van der Waals surface area contributed by atoms with Crippen molar-refractivity contribution in [2.45, 2.75) is 43.9 Å². The first kappa shape index (κ1) is 23.4. The number of carbonyl (C=O) groups is 1. The molecule has 1 aliphatic heterocycles. The minimum Gasteiger partial charge on any atom is -0.326 e. The molecule has 0 unspecified atom stereocenters. The molecular weight excluding hydrogens is 442 g/mol. The van der Waals surface area contributed by atoms with E-state index in [1.54, 1.807) is 32.9 Å². The van der Waals surface area contributed by atoms with Crippen LogP contribution in [0.15, 0.2) is 28.0 Å². The zero-order valence-corrected chi connectivity index (χ0v) is 19.6. The van der Waals surface area contributed by atoms with E-state index >= 15 is 0 Å². The van der Waals surface area contributed by atoms with Gasteiger partial charge in [-0.25, -0.2) is 16.8 Å². The lowest BCUT2D eigenvalue weighted by atomic mass is 10.2. The highest BCUT2D eigenvalue weighted by Gasteiger charge is 2.34. The van der Waals surface area contributed by atoms with Crippen molar-refractivity contribution >= 4 is 31.6 Å². The van der Waals surface area contributed by atoms with E-state index < -0.39 is 20.0 Å². The average molecular weight is 470 g/mol. The summed E-state index contributed by atoms with van der Waals surface area (Å²) in [4.78, 5) is 11.5. The van der Waals surface area contributed by atoms with E-state index in [1.165, 1.54) is 21.6 Å². The first-order valence-corrected chi connectivity index (χ1v) is 12.7. The van der Waals surface area contributed by atoms with Crippen molar-refractivity contribution in [2.75, 3.05) is 31.5 Å². The summed E-state index contributed by atoms with van der Waals surface area (Å²) < 4.78 is 55.3. The molecule has 170 valence electrons. The second-order valence-electron chi connectivity index (χ2n) is 7.59. The van der Waals surface area contributed by atoms with Crippen molar-refractivity contribution in [2.24, 2.45) is 0 Å². The lowest BCUT2D eigenvalue weighted by Gasteiger charge is -2.22. The molecule has 31 heavy (non-hydrogen) atoms. The van der Waals surface area contributed by atoms with Crippen molar-refractivity contribution in [3.05, 3.63) is 35.2 Å². The highest BCUT2D eigenvalue weighted by molar-refractivity contribution is 7.89. The number of sulfonamides is 2. The van der Waals surface area contributed by atoms with Crippen LogP contribution < -0.4 is 5.32 Å². The second kappa shape index (κ2) is 8.69. The molecule has 0 saturated carbocycles. The molecule has 12 heteroatoms. The average Bonchev–Trinajstić information content (AvgIpc) is 2.86. The number of rotatable bonds is 5. The van der Waals surface area contributed by atoms with Gasteiger partial charge in [-0.2, -0.15) is 13.7 Å². The Morgan fingerprint density at radius 2 is 1.61 bits per heavy atom. The van der Waals surface area contributed by atoms with Gasteiger partial charge in [0.1, 0.15) is 4.90 Å². The molecule has 1 amide bonds. The Bertz CT molecular complexity index is 1180. The third-order valence-electron chi connectivity index (χ3n) is 5.19. The molecule has 1 fully saturated rings. The number of hydrogen-bond donors (Lipinski definition) is 2. The summed E-state index contributed by atoms with van der Waals surface area (Å²) in [5, 5.41) is 9.28. The summed E-state index contributed by atoms with van der Waals surface area (Å²) in [5.74, 6) is -0.244. The maximum Gasteiger partial charge on any atom is 0.246 e. The molecule has 1 aliphatic rings. The van der Waals surface area contributed by atoms with Crippen molar-refractivity contribution in [1.82, 2.24) is 18.8 Å². The van der Waals surface area contributed by atoms with Gasteiger partial charge in [0.05, 0.1) is 16.3 Å². The molecule has 2 N–H and O–H groups in total. The van der Waals surface area contributed by atoms with Crippen LogP contribution in [0.25, 0.3) is 0 Å². The monoisotopic (exact) mass is 469 g/mol. The van der Waals surface area contributed by atoms with Crippen LogP contribution in [0.1, 0.15) is 30.3 Å². The van der Waals surface area contributed by atoms with E-state index in [0.717, 1.165) is 0 Å². The Balaban J connectivity index is 1.82. The minimum atomic E-state index is -3.82. The SMILES string of the molecule is CC(=O)Nc1ccc(S(=O)(=O)N2CCCN(S(=O)(=O)c3c(C)n[nH]c3C)CC2)c(C)c1. The number of nitrogens with one attached hydrogen (secondary N) is 2. The van der Waals surface area contributed by atoms with Gasteiger partial charge in [0.15, 0.2) is 0 Å². The topological polar surface area (TPSA) is 133 Å². The number of aromatic amines is 1. The molecule has 1 aromatic heterocycles. The molecular formula is C19H27N5O5S2. The van der Waals surface area contributed by atoms with Crippen LogP contribution in [-0.4, -0.2) is 67.7 Å². The van der Waals surface area contributed by atoms with Gasteiger partial charge >= 0.3 is 0 Å². The molecule has 10 nitrogen and oxygen atoms in total. The summed E-state index contributed by atoms with van der Waals surface area (Å²) in [7, 11) is -7.60. The van der Waals surface area contributed by atoms with E-state index in [1.807, 2.05) is 0 Å². The molecule has 1 aromatic carbocycles. The summed E-state index contributed by atoms with van der Waals surface area (Å²) in [6, 6.07) is 4.61. The maximum absolute atomic E-state index is 13.2. The predicted octanol–water partition coefficient (Wildman–Crippen LogP) is 1.38. The molecule has 2 heterocycles. The third kappa shape index (κ3) is 4.66. The molecule has 0 spiro atoms. The van der Waals surface area contributed by atoms with Crippen molar-refractivity contribution < 1.29 is 21.6 Å². The predicted molar refractivity (Wildman–Crippen MR) is 116 cm³/mol. The fourth-order valence-electron chi connectivity index (χ4n) is 3.76. The smallest absolute Gasteiger partial charge is 0.246 e. The first-order valence-electron chi connectivity index (χ1n) is 9.84. The van der Waals surface area contributed by atoms with Crippen LogP contribution >= 0.6 is 0 Å². The van der Waals surface area contributed by atoms with Crippen LogP contribution in [0.4, 0.5) is 5.69 Å². The van der Waals surface area contributed by atoms with E-state index in [9.17, 15) is 21.6 Å². The third-order valence-corrected chi connectivity index (χ3v) is 9.41. The summed E-state index contributed by atoms with van der Waals surface area (Å²) in [6.45, 7) is 6.84. The second-order valence-corrected chi connectivity index (χ2v) is 11.4. The number of aromatic nitrogens is 2. The normalized spacial score (nSPS) is 16.8. The fraction of sp³-hybridized carbons (Fsp3) is 0.474. The number of nitrogens with zero attached hydrogens (tertiary/aromatic N) is 3. The molecule has 2 aromatic rings. The van der Waals surface area contributed by atoms with Gasteiger partial charge in [-0.1, -0.05) is 0 Å². The Hall–Kier alpha value is -2.28. The zero-order chi connectivity index (χ0) is 23.0. The Morgan fingerprint density at radius 3 is 2.13 bits per heavy atom. The first-order chi connectivity index (χ1) is 14.4. The summed E-state index contributed by atoms with van der Waals surface area (Å²) in [5.41, 5.74) is 1.87. The molecule has 0 aliphatic carbocycles. The molecule has 3 rings (SSSR count). The van der Waals surface area contributed by atoms with Crippen molar-refractivity contribution in [1.29, 1.82) is 0 Å². The van der Waals surface area contributed by atoms with Crippen LogP contribution in [-0.2, 0) is 24.8 Å². The van der Waals surface area contributed by atoms with Crippen molar-refractivity contribution in [3.8, 4) is 0 Å². The molecule has 1 saturated heterocycles. The summed E-state index contributed by atoms with van der Waals surface area (Å²) >= 11 is 0. The fourth-order valence-corrected chi connectivity index (χ4v) is 7.24. The largest absolute Gasteiger partial charge is 0.326 e. The molecule has 0 bridgehead atoms. The lowest BCUT2D eigenvalue weighted by Crippen LogP contribution is -2.37. The number of amides is 1. The van der Waals surface area contributed by atoms with Gasteiger partial charge in [-0.15, -0.1) is 0 Å². The number of hydrogen-bond acceptors (Lipinski definition) is 6. The van der Waals surface area contributed by atoms with E-state index in [4.69, 9.17) is 0 Å². The Morgan fingerprint density at radius 1 is 1.00 bits per heavy atom. The number of H-pyrrole nitrogens is 1. The Kier molecular flexibility index (Phi) is 6.56. The highest BCUT2D eigenvalue weighted by atomic mass is 32.2. The van der Waals surface area contributed by atoms with Crippen LogP contribution in [0.3, 0.4) is 0 Å². The van der Waals surface area contributed by atoms with Gasteiger partial charge in [0, 0.05) is 38.8 Å². The maximum atomic E-state index is 13.2. The van der Waals surface area contributed by atoms with Crippen molar-refractivity contribution in [3.63, 3.8) is 0 Å². The number of benzene rings is 1. The van der Waals surface area contributed by atoms with Gasteiger partial charge in [0.25, 0.3) is 0 Å². The highest BCUT2D eigenvalue weighted by Crippen LogP contribution is 2.26. The van der Waals surface area contributed by atoms with Gasteiger partial charge in [-0.3, -0.25) is 9.89 Å². The number of carbonyl (C=O) groups excluding carboxylic acids is 1. The van der Waals surface area contributed by atoms with E-state index in [-0.39, 0.29) is 41.9 Å². The summed E-state index contributed by atoms with van der Waals surface area (Å²) in [6.07, 6.45) is 0.372. The lowest BCUT2D eigenvalue weighted by molar-refractivity contribution is -0.114. The van der Waals surface area contributed by atoms with E-state index in [2.05, 4.69) is 15.5 Å². The number of anilines is 1. The quantitative estimate of drug-likeness (QED) is 0.680. The Labute approximate surface area is 182 Å². The van der Waals surface area contributed by atoms with Gasteiger partial charge in [-0.05, 0) is 51.0 Å². The van der Waals surface area contributed by atoms with Crippen LogP contribution in [0.2, 0.25) is 0 Å². The van der Waals surface area contributed by atoms with Crippen LogP contribution in [0, 0.1) is 20.8 Å². The molecule has 0 atom stereocenters. The van der Waals surface area contributed by atoms with Crippen LogP contribution in [0.5, 0.6) is 0 Å². The zero-order valence-electron chi connectivity index (χ0n) is 18.0. The minimum absolute atomic E-state index is 0.0460. The standard InChI is InChI=1S/C19H27N5O5S2/c1-13-12-17(20-16(4)25)6-7-18(13)30(26,27)23-8-5-9-24(11-10-23)31(28,29)19-14(2)21-22-15(19)3/h6-7,12H,5,8-11H2,1-4H3,(H,20,25)(H,21,22).